The van der Waals surface area contributed by atoms with Crippen molar-refractivity contribution in [3.05, 3.63) is 12.2 Å². The van der Waals surface area contributed by atoms with E-state index in [1.807, 2.05) is 21.1 Å². The predicted molar refractivity (Wildman–Crippen MR) is 135 cm³/mol. The summed E-state index contributed by atoms with van der Waals surface area (Å²) in [5.74, 6) is -1.79. The summed E-state index contributed by atoms with van der Waals surface area (Å²) in [6, 6.07) is 0. The zero-order valence-electron chi connectivity index (χ0n) is 22.2. The number of likely N-dealkylation sites (N-methyl/N-ethyl adjacent to an activating group) is 1. The van der Waals surface area contributed by atoms with Crippen LogP contribution in [0.25, 0.3) is 0 Å². The molecule has 0 aromatic heterocycles. The van der Waals surface area contributed by atoms with Crippen LogP contribution in [0.4, 0.5) is 0 Å². The number of hydrogen-bond donors (Lipinski definition) is 3. The number of hydrogen-bond acceptors (Lipinski definition) is 6. The zero-order chi connectivity index (χ0) is 26.4. The van der Waals surface area contributed by atoms with E-state index >= 15 is 0 Å². The second-order valence-electron chi connectivity index (χ2n) is 11.0. The number of carbonyl (C=O) groups is 3. The molecule has 1 fully saturated rings. The third kappa shape index (κ3) is 13.8. The Kier molecular flexibility index (Phi) is 14.4. The van der Waals surface area contributed by atoms with Gasteiger partial charge in [0.05, 0.1) is 39.8 Å². The molecule has 1 saturated carbocycles. The molecule has 202 valence electrons. The predicted octanol–water partition coefficient (Wildman–Crippen LogP) is 3.48. The van der Waals surface area contributed by atoms with Crippen LogP contribution in [0.15, 0.2) is 12.2 Å². The highest BCUT2D eigenvalue weighted by Gasteiger charge is 2.39. The molecular formula is C27H48NO7+. The first-order chi connectivity index (χ1) is 16.4. The van der Waals surface area contributed by atoms with Crippen molar-refractivity contribution in [2.45, 2.75) is 102 Å². The molecule has 0 bridgehead atoms. The Morgan fingerprint density at radius 1 is 1.11 bits per heavy atom. The van der Waals surface area contributed by atoms with Crippen LogP contribution in [-0.4, -0.2) is 83.5 Å². The van der Waals surface area contributed by atoms with Gasteiger partial charge in [-0.1, -0.05) is 57.6 Å². The number of rotatable bonds is 18. The van der Waals surface area contributed by atoms with Gasteiger partial charge in [-0.15, -0.1) is 0 Å². The lowest BCUT2D eigenvalue weighted by atomic mass is 9.88. The molecular weight excluding hydrogens is 450 g/mol. The van der Waals surface area contributed by atoms with Crippen molar-refractivity contribution >= 4 is 17.7 Å². The highest BCUT2D eigenvalue weighted by atomic mass is 16.5. The molecule has 8 nitrogen and oxygen atoms in total. The Morgan fingerprint density at radius 2 is 1.80 bits per heavy atom. The van der Waals surface area contributed by atoms with Gasteiger partial charge in [-0.3, -0.25) is 14.4 Å². The first-order valence-corrected chi connectivity index (χ1v) is 13.2. The monoisotopic (exact) mass is 498 g/mol. The summed E-state index contributed by atoms with van der Waals surface area (Å²) >= 11 is 0. The van der Waals surface area contributed by atoms with Gasteiger partial charge < -0.3 is 24.5 Å². The van der Waals surface area contributed by atoms with Crippen molar-refractivity contribution in [2.75, 3.05) is 27.7 Å². The highest BCUT2D eigenvalue weighted by Crippen LogP contribution is 2.34. The molecule has 1 aliphatic rings. The molecule has 1 aliphatic carbocycles. The molecule has 35 heavy (non-hydrogen) atoms. The van der Waals surface area contributed by atoms with Crippen molar-refractivity contribution in [2.24, 2.45) is 11.8 Å². The van der Waals surface area contributed by atoms with E-state index in [0.717, 1.165) is 44.9 Å². The number of allylic oxidation sites excluding steroid dienone is 1. The molecule has 0 saturated heterocycles. The minimum Gasteiger partial charge on any atom is -0.481 e. The fraction of sp³-hybridized carbons (Fsp3) is 0.815. The summed E-state index contributed by atoms with van der Waals surface area (Å²) in [5.41, 5.74) is 0. The van der Waals surface area contributed by atoms with Crippen LogP contribution < -0.4 is 0 Å². The second-order valence-corrected chi connectivity index (χ2v) is 11.0. The summed E-state index contributed by atoms with van der Waals surface area (Å²) in [5, 5.41) is 29.5. The average Bonchev–Trinajstić information content (AvgIpc) is 2.99. The van der Waals surface area contributed by atoms with E-state index in [-0.39, 0.29) is 42.9 Å². The molecule has 0 amide bonds. The van der Waals surface area contributed by atoms with E-state index in [1.165, 1.54) is 0 Å². The lowest BCUT2D eigenvalue weighted by Gasteiger charge is -2.28. The number of ketones is 1. The molecule has 0 aromatic rings. The van der Waals surface area contributed by atoms with Crippen LogP contribution in [0.1, 0.15) is 84.0 Å². The van der Waals surface area contributed by atoms with Gasteiger partial charge in [0.1, 0.15) is 12.3 Å². The first-order valence-electron chi connectivity index (χ1n) is 13.2. The molecule has 0 heterocycles. The molecule has 5 unspecified atom stereocenters. The lowest BCUT2D eigenvalue weighted by Crippen LogP contribution is -2.43. The Labute approximate surface area is 210 Å². The fourth-order valence-electron chi connectivity index (χ4n) is 4.74. The zero-order valence-corrected chi connectivity index (χ0v) is 22.2. The van der Waals surface area contributed by atoms with Gasteiger partial charge in [0.2, 0.25) is 0 Å². The number of aliphatic hydroxyl groups excluding tert-OH is 2. The van der Waals surface area contributed by atoms with E-state index in [9.17, 15) is 24.6 Å². The van der Waals surface area contributed by atoms with Crippen LogP contribution in [0.5, 0.6) is 0 Å². The number of carbonyl (C=O) groups excluding carboxylic acids is 2. The summed E-state index contributed by atoms with van der Waals surface area (Å²) in [7, 11) is 5.77. The minimum atomic E-state index is -0.983. The standard InChI is InChI=1S/C27H47NO7/c1-5-6-9-12-20(29)15-16-23-22(24(30)18-25(23)31)13-10-7-8-11-14-27(34)35-21(17-26(32)33)19-28(2,3)4/h15-16,20-24,29-30H,5-14,17-19H2,1-4H3/p+1/b16-15+. The number of esters is 1. The molecule has 5 atom stereocenters. The normalized spacial score (nSPS) is 22.5. The molecule has 0 radical (unpaired) electrons. The quantitative estimate of drug-likeness (QED) is 0.114. The highest BCUT2D eigenvalue weighted by molar-refractivity contribution is 5.86. The maximum Gasteiger partial charge on any atom is 0.307 e. The molecule has 8 heteroatoms. The van der Waals surface area contributed by atoms with Crippen LogP contribution in [-0.2, 0) is 19.1 Å². The van der Waals surface area contributed by atoms with Gasteiger partial charge in [-0.05, 0) is 25.2 Å². The van der Waals surface area contributed by atoms with Crippen molar-refractivity contribution in [1.82, 2.24) is 0 Å². The third-order valence-corrected chi connectivity index (χ3v) is 6.50. The van der Waals surface area contributed by atoms with Gasteiger partial charge in [-0.25, -0.2) is 0 Å². The van der Waals surface area contributed by atoms with E-state index in [0.29, 0.717) is 23.9 Å². The number of ether oxygens (including phenoxy) is 1. The van der Waals surface area contributed by atoms with Gasteiger partial charge >= 0.3 is 11.9 Å². The number of Topliss-reactive ketones (excluding diaryl/α,β-unsaturated/α-hetero) is 1. The number of unbranched alkanes of at least 4 members (excludes halogenated alkanes) is 5. The maximum absolute atomic E-state index is 12.3. The lowest BCUT2D eigenvalue weighted by molar-refractivity contribution is -0.873. The third-order valence-electron chi connectivity index (χ3n) is 6.50. The smallest absolute Gasteiger partial charge is 0.307 e. The van der Waals surface area contributed by atoms with Gasteiger partial charge in [0, 0.05) is 18.8 Å². The number of carboxylic acids is 1. The van der Waals surface area contributed by atoms with E-state index in [2.05, 4.69) is 6.92 Å². The largest absolute Gasteiger partial charge is 0.481 e. The molecule has 1 rings (SSSR count). The first kappa shape index (κ1) is 31.3. The molecule has 0 spiro atoms. The number of carboxylic acid groups (broad SMARTS) is 1. The van der Waals surface area contributed by atoms with Gasteiger partial charge in [0.15, 0.2) is 6.10 Å². The van der Waals surface area contributed by atoms with Crippen LogP contribution >= 0.6 is 0 Å². The van der Waals surface area contributed by atoms with Crippen LogP contribution in [0.3, 0.4) is 0 Å². The van der Waals surface area contributed by atoms with Gasteiger partial charge in [-0.2, -0.15) is 0 Å². The summed E-state index contributed by atoms with van der Waals surface area (Å²) < 4.78 is 5.92. The van der Waals surface area contributed by atoms with E-state index < -0.39 is 24.3 Å². The topological polar surface area (TPSA) is 121 Å². The molecule has 0 aromatic carbocycles. The Morgan fingerprint density at radius 3 is 2.43 bits per heavy atom. The number of nitrogens with zero attached hydrogens (tertiary/aromatic N) is 1. The summed E-state index contributed by atoms with van der Waals surface area (Å²) in [4.78, 5) is 35.6. The van der Waals surface area contributed by atoms with Crippen molar-refractivity contribution in [3.63, 3.8) is 0 Å². The molecule has 0 aliphatic heterocycles. The van der Waals surface area contributed by atoms with Crippen molar-refractivity contribution in [1.29, 1.82) is 0 Å². The Balaban J connectivity index is 2.37. The average molecular weight is 499 g/mol. The molecule has 3 N–H and O–H groups in total. The van der Waals surface area contributed by atoms with Gasteiger partial charge in [0.25, 0.3) is 0 Å². The summed E-state index contributed by atoms with van der Waals surface area (Å²) in [6.45, 7) is 2.55. The van der Waals surface area contributed by atoms with E-state index in [4.69, 9.17) is 9.84 Å². The maximum atomic E-state index is 12.3. The number of aliphatic hydroxyl groups is 2. The van der Waals surface area contributed by atoms with Crippen molar-refractivity contribution in [3.8, 4) is 0 Å². The second kappa shape index (κ2) is 16.1. The minimum absolute atomic E-state index is 0.0343. The fourth-order valence-corrected chi connectivity index (χ4v) is 4.74. The number of quaternary nitrogens is 1. The Bertz CT molecular complexity index is 686. The number of aliphatic carboxylic acids is 1. The van der Waals surface area contributed by atoms with Crippen LogP contribution in [0, 0.1) is 11.8 Å². The Hall–Kier alpha value is -1.77. The van der Waals surface area contributed by atoms with Crippen molar-refractivity contribution < 1.29 is 38.9 Å². The summed E-state index contributed by atoms with van der Waals surface area (Å²) in [6.07, 6.45) is 9.62. The van der Waals surface area contributed by atoms with Crippen LogP contribution in [0.2, 0.25) is 0 Å². The SMILES string of the molecule is CCCCCC(O)/C=C/C1C(=O)CC(O)C1CCCCCCC(=O)OC(CC(=O)O)C[N+](C)(C)C. The van der Waals surface area contributed by atoms with E-state index in [1.54, 1.807) is 12.2 Å².